The smallest absolute Gasteiger partial charge is 0.336 e. The van der Waals surface area contributed by atoms with Crippen LogP contribution in [0.25, 0.3) is 10.8 Å². The first-order chi connectivity index (χ1) is 10.3. The van der Waals surface area contributed by atoms with Gasteiger partial charge in [-0.1, -0.05) is 26.0 Å². The fourth-order valence-corrected chi connectivity index (χ4v) is 2.97. The van der Waals surface area contributed by atoms with Gasteiger partial charge in [-0.2, -0.15) is 0 Å². The first-order valence-corrected chi connectivity index (χ1v) is 7.00. The van der Waals surface area contributed by atoms with Crippen LogP contribution in [0.2, 0.25) is 0 Å². The average molecular weight is 297 g/mol. The van der Waals surface area contributed by atoms with E-state index in [4.69, 9.17) is 0 Å². The van der Waals surface area contributed by atoms with Gasteiger partial charge in [-0.25, -0.2) is 4.79 Å². The number of fused-ring (bicyclic) bond motifs is 3. The molecule has 0 aromatic heterocycles. The molecular weight excluding hydrogens is 282 g/mol. The second-order valence-corrected chi connectivity index (χ2v) is 5.75. The Balaban J connectivity index is 2.53. The number of aromatic carboxylic acids is 1. The summed E-state index contributed by atoms with van der Waals surface area (Å²) >= 11 is 0. The number of rotatable bonds is 2. The lowest BCUT2D eigenvalue weighted by atomic mass is 9.88. The molecule has 2 aromatic carbocycles. The van der Waals surface area contributed by atoms with Gasteiger partial charge in [0.05, 0.1) is 16.7 Å². The van der Waals surface area contributed by atoms with Crippen molar-refractivity contribution in [1.82, 2.24) is 4.90 Å². The standard InChI is InChI=1S/C17H15NO4/c1-8(2)11-7-12-9(5-4-6-10(12)17(21)22)13-14(11)16(20)18(3)15(13)19/h4-8H,1-3H3,(H,21,22). The quantitative estimate of drug-likeness (QED) is 0.865. The van der Waals surface area contributed by atoms with Gasteiger partial charge >= 0.3 is 5.97 Å². The number of carboxylic acid groups (broad SMARTS) is 1. The van der Waals surface area contributed by atoms with Crippen LogP contribution >= 0.6 is 0 Å². The Morgan fingerprint density at radius 2 is 1.73 bits per heavy atom. The molecule has 2 aromatic rings. The molecule has 5 nitrogen and oxygen atoms in total. The lowest BCUT2D eigenvalue weighted by Crippen LogP contribution is -2.24. The Morgan fingerprint density at radius 1 is 1.09 bits per heavy atom. The minimum absolute atomic E-state index is 0.00301. The Hall–Kier alpha value is -2.69. The van der Waals surface area contributed by atoms with Crippen LogP contribution in [0.5, 0.6) is 0 Å². The summed E-state index contributed by atoms with van der Waals surface area (Å²) in [7, 11) is 1.45. The van der Waals surface area contributed by atoms with Gasteiger partial charge in [0, 0.05) is 7.05 Å². The lowest BCUT2D eigenvalue weighted by molar-refractivity contribution is 0.0682. The van der Waals surface area contributed by atoms with Crippen LogP contribution in [0, 0.1) is 0 Å². The molecule has 1 heterocycles. The van der Waals surface area contributed by atoms with Crippen molar-refractivity contribution in [2.45, 2.75) is 19.8 Å². The third-order valence-corrected chi connectivity index (χ3v) is 4.10. The number of amides is 2. The summed E-state index contributed by atoms with van der Waals surface area (Å²) in [6.45, 7) is 3.84. The molecule has 0 bridgehead atoms. The average Bonchev–Trinajstić information content (AvgIpc) is 2.70. The van der Waals surface area contributed by atoms with E-state index in [9.17, 15) is 19.5 Å². The SMILES string of the molecule is CC(C)c1cc2c(C(=O)O)cccc2c2c1C(=O)N(C)C2=O. The highest BCUT2D eigenvalue weighted by Crippen LogP contribution is 2.36. The topological polar surface area (TPSA) is 74.7 Å². The summed E-state index contributed by atoms with van der Waals surface area (Å²) in [6, 6.07) is 6.52. The maximum Gasteiger partial charge on any atom is 0.336 e. The zero-order chi connectivity index (χ0) is 16.2. The van der Waals surface area contributed by atoms with Crippen LogP contribution in [-0.4, -0.2) is 34.8 Å². The monoisotopic (exact) mass is 297 g/mol. The summed E-state index contributed by atoms with van der Waals surface area (Å²) < 4.78 is 0. The van der Waals surface area contributed by atoms with Gasteiger partial charge in [-0.05, 0) is 34.4 Å². The lowest BCUT2D eigenvalue weighted by Gasteiger charge is -2.13. The molecule has 0 saturated carbocycles. The number of benzene rings is 2. The van der Waals surface area contributed by atoms with E-state index in [2.05, 4.69) is 0 Å². The Kier molecular flexibility index (Phi) is 3.02. The zero-order valence-electron chi connectivity index (χ0n) is 12.5. The highest BCUT2D eigenvalue weighted by molar-refractivity contribution is 6.28. The predicted octanol–water partition coefficient (Wildman–Crippen LogP) is 2.89. The molecule has 0 saturated heterocycles. The van der Waals surface area contributed by atoms with Gasteiger partial charge in [0.15, 0.2) is 0 Å². The molecule has 0 aliphatic carbocycles. The van der Waals surface area contributed by atoms with E-state index in [0.717, 1.165) is 4.90 Å². The van der Waals surface area contributed by atoms with Crippen LogP contribution in [0.1, 0.15) is 56.4 Å². The van der Waals surface area contributed by atoms with Crippen LogP contribution < -0.4 is 0 Å². The Morgan fingerprint density at radius 3 is 2.32 bits per heavy atom. The number of carboxylic acids is 1. The van der Waals surface area contributed by atoms with E-state index in [1.54, 1.807) is 18.2 Å². The molecule has 112 valence electrons. The maximum atomic E-state index is 12.4. The zero-order valence-corrected chi connectivity index (χ0v) is 12.5. The first-order valence-electron chi connectivity index (χ1n) is 7.00. The normalized spacial score (nSPS) is 14.1. The van der Waals surface area contributed by atoms with E-state index in [0.29, 0.717) is 27.5 Å². The van der Waals surface area contributed by atoms with E-state index >= 15 is 0 Å². The molecule has 1 aliphatic rings. The van der Waals surface area contributed by atoms with Crippen molar-refractivity contribution in [1.29, 1.82) is 0 Å². The minimum atomic E-state index is -1.05. The number of hydrogen-bond donors (Lipinski definition) is 1. The second kappa shape index (κ2) is 4.66. The molecule has 2 amide bonds. The number of imide groups is 1. The van der Waals surface area contributed by atoms with E-state index in [1.807, 2.05) is 13.8 Å². The van der Waals surface area contributed by atoms with Crippen molar-refractivity contribution in [3.05, 3.63) is 46.5 Å². The summed E-state index contributed by atoms with van der Waals surface area (Å²) in [5, 5.41) is 10.4. The van der Waals surface area contributed by atoms with Crippen molar-refractivity contribution >= 4 is 28.6 Å². The van der Waals surface area contributed by atoms with E-state index in [1.165, 1.54) is 13.1 Å². The van der Waals surface area contributed by atoms with Crippen LogP contribution in [0.15, 0.2) is 24.3 Å². The first kappa shape index (κ1) is 14.3. The van der Waals surface area contributed by atoms with Crippen molar-refractivity contribution in [3.8, 4) is 0 Å². The van der Waals surface area contributed by atoms with Crippen LogP contribution in [-0.2, 0) is 0 Å². The van der Waals surface area contributed by atoms with Gasteiger partial charge in [0.25, 0.3) is 11.8 Å². The fourth-order valence-electron chi connectivity index (χ4n) is 2.97. The Labute approximate surface area is 127 Å². The number of carbonyl (C=O) groups is 3. The highest BCUT2D eigenvalue weighted by Gasteiger charge is 2.37. The predicted molar refractivity (Wildman–Crippen MR) is 81.4 cm³/mol. The minimum Gasteiger partial charge on any atom is -0.478 e. The highest BCUT2D eigenvalue weighted by atomic mass is 16.4. The molecule has 1 N–H and O–H groups in total. The van der Waals surface area contributed by atoms with Crippen LogP contribution in [0.3, 0.4) is 0 Å². The number of carbonyl (C=O) groups excluding carboxylic acids is 2. The summed E-state index contributed by atoms with van der Waals surface area (Å²) in [5.74, 6) is -1.75. The number of nitrogens with zero attached hydrogens (tertiary/aromatic N) is 1. The van der Waals surface area contributed by atoms with Gasteiger partial charge in [0.2, 0.25) is 0 Å². The fraction of sp³-hybridized carbons (Fsp3) is 0.235. The van der Waals surface area contributed by atoms with Gasteiger partial charge in [-0.3, -0.25) is 14.5 Å². The van der Waals surface area contributed by atoms with Gasteiger partial charge < -0.3 is 5.11 Å². The molecular formula is C17H15NO4. The largest absolute Gasteiger partial charge is 0.478 e. The van der Waals surface area contributed by atoms with Crippen molar-refractivity contribution in [2.75, 3.05) is 7.05 Å². The van der Waals surface area contributed by atoms with E-state index in [-0.39, 0.29) is 23.3 Å². The molecule has 0 fully saturated rings. The molecule has 22 heavy (non-hydrogen) atoms. The molecule has 0 atom stereocenters. The van der Waals surface area contributed by atoms with Crippen molar-refractivity contribution in [2.24, 2.45) is 0 Å². The molecule has 1 aliphatic heterocycles. The molecule has 0 spiro atoms. The summed E-state index contributed by atoms with van der Waals surface area (Å²) in [6.07, 6.45) is 0. The molecule has 0 unspecified atom stereocenters. The maximum absolute atomic E-state index is 12.4. The summed E-state index contributed by atoms with van der Waals surface area (Å²) in [4.78, 5) is 37.3. The summed E-state index contributed by atoms with van der Waals surface area (Å²) in [5.41, 5.74) is 1.56. The second-order valence-electron chi connectivity index (χ2n) is 5.75. The molecule has 3 rings (SSSR count). The third-order valence-electron chi connectivity index (χ3n) is 4.10. The van der Waals surface area contributed by atoms with E-state index < -0.39 is 5.97 Å². The van der Waals surface area contributed by atoms with Crippen molar-refractivity contribution in [3.63, 3.8) is 0 Å². The number of hydrogen-bond acceptors (Lipinski definition) is 3. The third kappa shape index (κ3) is 1.75. The Bertz CT molecular complexity index is 851. The van der Waals surface area contributed by atoms with Crippen LogP contribution in [0.4, 0.5) is 0 Å². The van der Waals surface area contributed by atoms with Gasteiger partial charge in [-0.15, -0.1) is 0 Å². The molecule has 0 radical (unpaired) electrons. The molecule has 5 heteroatoms. The van der Waals surface area contributed by atoms with Crippen molar-refractivity contribution < 1.29 is 19.5 Å². The van der Waals surface area contributed by atoms with Gasteiger partial charge in [0.1, 0.15) is 0 Å².